The summed E-state index contributed by atoms with van der Waals surface area (Å²) in [4.78, 5) is 0. The van der Waals surface area contributed by atoms with Gasteiger partial charge in [0.15, 0.2) is 0 Å². The lowest BCUT2D eigenvalue weighted by Gasteiger charge is -2.25. The fourth-order valence-corrected chi connectivity index (χ4v) is 4.45. The van der Waals surface area contributed by atoms with Gasteiger partial charge in [-0.25, -0.2) is 0 Å². The molecule has 0 bridgehead atoms. The molecule has 0 unspecified atom stereocenters. The molecule has 0 radical (unpaired) electrons. The van der Waals surface area contributed by atoms with Crippen molar-refractivity contribution in [1.29, 1.82) is 0 Å². The van der Waals surface area contributed by atoms with E-state index < -0.39 is 10.2 Å². The third kappa shape index (κ3) is 1.99. The topological polar surface area (TPSA) is 52.7 Å². The molecule has 6 heteroatoms. The van der Waals surface area contributed by atoms with Crippen LogP contribution in [0.3, 0.4) is 0 Å². The molecule has 5 nitrogen and oxygen atoms in total. The molecule has 1 N–H and O–H groups in total. The Morgan fingerprint density at radius 1 is 1.19 bits per heavy atom. The van der Waals surface area contributed by atoms with Gasteiger partial charge in [-0.15, -0.1) is 0 Å². The van der Waals surface area contributed by atoms with E-state index in [-0.39, 0.29) is 0 Å². The Labute approximate surface area is 98.0 Å². The van der Waals surface area contributed by atoms with Crippen LogP contribution < -0.4 is 5.32 Å². The quantitative estimate of drug-likeness (QED) is 0.744. The van der Waals surface area contributed by atoms with Gasteiger partial charge in [0.25, 0.3) is 10.2 Å². The number of fused-ring (bicyclic) bond motifs is 1. The molecule has 16 heavy (non-hydrogen) atoms. The summed E-state index contributed by atoms with van der Waals surface area (Å²) < 4.78 is 27.7. The van der Waals surface area contributed by atoms with E-state index in [1.165, 1.54) is 0 Å². The normalized spacial score (nSPS) is 31.2. The van der Waals surface area contributed by atoms with Crippen molar-refractivity contribution in [2.45, 2.75) is 13.8 Å². The minimum Gasteiger partial charge on any atom is -0.316 e. The highest BCUT2D eigenvalue weighted by atomic mass is 32.2. The SMILES string of the molecule is CCN(CC)S(=O)(=O)N1C[C@H]2CNC[C@H]2C1. The van der Waals surface area contributed by atoms with Gasteiger partial charge in [-0.1, -0.05) is 13.8 Å². The van der Waals surface area contributed by atoms with E-state index >= 15 is 0 Å². The van der Waals surface area contributed by atoms with Crippen LogP contribution >= 0.6 is 0 Å². The average molecular weight is 247 g/mol. The van der Waals surface area contributed by atoms with Crippen LogP contribution in [-0.4, -0.2) is 56.3 Å². The smallest absolute Gasteiger partial charge is 0.281 e. The molecule has 0 aromatic carbocycles. The Morgan fingerprint density at radius 3 is 2.12 bits per heavy atom. The second kappa shape index (κ2) is 4.60. The summed E-state index contributed by atoms with van der Waals surface area (Å²) in [7, 11) is -3.20. The molecule has 0 saturated carbocycles. The van der Waals surface area contributed by atoms with Crippen molar-refractivity contribution >= 4 is 10.2 Å². The van der Waals surface area contributed by atoms with E-state index in [2.05, 4.69) is 5.32 Å². The van der Waals surface area contributed by atoms with E-state index in [9.17, 15) is 8.42 Å². The lowest BCUT2D eigenvalue weighted by atomic mass is 10.0. The summed E-state index contributed by atoms with van der Waals surface area (Å²) in [6.07, 6.45) is 0. The van der Waals surface area contributed by atoms with E-state index in [0.717, 1.165) is 13.1 Å². The summed E-state index contributed by atoms with van der Waals surface area (Å²) in [5, 5.41) is 3.32. The number of nitrogens with one attached hydrogen (secondary N) is 1. The molecule has 2 rings (SSSR count). The fourth-order valence-electron chi connectivity index (χ4n) is 2.71. The van der Waals surface area contributed by atoms with Gasteiger partial charge >= 0.3 is 0 Å². The third-order valence-electron chi connectivity index (χ3n) is 3.71. The van der Waals surface area contributed by atoms with Gasteiger partial charge in [0.1, 0.15) is 0 Å². The van der Waals surface area contributed by atoms with Crippen LogP contribution in [0.15, 0.2) is 0 Å². The molecule has 0 spiro atoms. The average Bonchev–Trinajstić information content (AvgIpc) is 2.77. The highest BCUT2D eigenvalue weighted by molar-refractivity contribution is 7.86. The van der Waals surface area contributed by atoms with Crippen molar-refractivity contribution in [2.24, 2.45) is 11.8 Å². The highest BCUT2D eigenvalue weighted by Gasteiger charge is 2.42. The predicted octanol–water partition coefficient (Wildman–Crippen LogP) is -0.276. The first-order valence-electron chi connectivity index (χ1n) is 6.05. The Kier molecular flexibility index (Phi) is 3.53. The number of rotatable bonds is 4. The zero-order valence-electron chi connectivity index (χ0n) is 10.0. The lowest BCUT2D eigenvalue weighted by molar-refractivity contribution is 0.368. The molecule has 0 amide bonds. The standard InChI is InChI=1S/C10H21N3O2S/c1-3-12(4-2)16(14,15)13-7-9-5-11-6-10(9)8-13/h9-11H,3-8H2,1-2H3/t9-,10+. The molecule has 2 heterocycles. The Bertz CT molecular complexity index is 328. The number of hydrogen-bond acceptors (Lipinski definition) is 3. The molecule has 2 atom stereocenters. The maximum atomic E-state index is 12.3. The summed E-state index contributed by atoms with van der Waals surface area (Å²) in [5.74, 6) is 1.04. The van der Waals surface area contributed by atoms with Crippen LogP contribution in [0.25, 0.3) is 0 Å². The summed E-state index contributed by atoms with van der Waals surface area (Å²) in [6.45, 7) is 8.21. The number of hydrogen-bond donors (Lipinski definition) is 1. The minimum absolute atomic E-state index is 0.519. The van der Waals surface area contributed by atoms with Crippen LogP contribution in [0.4, 0.5) is 0 Å². The van der Waals surface area contributed by atoms with Gasteiger partial charge in [-0.3, -0.25) is 0 Å². The highest BCUT2D eigenvalue weighted by Crippen LogP contribution is 2.29. The summed E-state index contributed by atoms with van der Waals surface area (Å²) in [6, 6.07) is 0. The Hall–Kier alpha value is -0.170. The molecule has 2 aliphatic heterocycles. The molecule has 94 valence electrons. The maximum Gasteiger partial charge on any atom is 0.281 e. The molecule has 0 aromatic rings. The molecule has 2 fully saturated rings. The first-order chi connectivity index (χ1) is 7.59. The fraction of sp³-hybridized carbons (Fsp3) is 1.00. The molecule has 0 aliphatic carbocycles. The van der Waals surface area contributed by atoms with Crippen LogP contribution in [-0.2, 0) is 10.2 Å². The molecule has 2 saturated heterocycles. The van der Waals surface area contributed by atoms with Crippen LogP contribution in [0, 0.1) is 11.8 Å². The van der Waals surface area contributed by atoms with Gasteiger partial charge in [0.2, 0.25) is 0 Å². The number of nitrogens with zero attached hydrogens (tertiary/aromatic N) is 2. The van der Waals surface area contributed by atoms with Gasteiger partial charge in [0.05, 0.1) is 0 Å². The van der Waals surface area contributed by atoms with Gasteiger partial charge in [-0.2, -0.15) is 17.0 Å². The van der Waals surface area contributed by atoms with E-state index in [1.807, 2.05) is 13.8 Å². The molecule has 0 aromatic heterocycles. The van der Waals surface area contributed by atoms with E-state index in [4.69, 9.17) is 0 Å². The molecular formula is C10H21N3O2S. The first-order valence-corrected chi connectivity index (χ1v) is 7.45. The lowest BCUT2D eigenvalue weighted by Crippen LogP contribution is -2.43. The molecular weight excluding hydrogens is 226 g/mol. The van der Waals surface area contributed by atoms with Crippen molar-refractivity contribution < 1.29 is 8.42 Å². The van der Waals surface area contributed by atoms with Gasteiger partial charge < -0.3 is 5.32 Å². The predicted molar refractivity (Wildman–Crippen MR) is 63.3 cm³/mol. The molecule has 2 aliphatic rings. The monoisotopic (exact) mass is 247 g/mol. The van der Waals surface area contributed by atoms with Crippen molar-refractivity contribution in [2.75, 3.05) is 39.3 Å². The maximum absolute atomic E-state index is 12.3. The van der Waals surface area contributed by atoms with Gasteiger partial charge in [0, 0.05) is 26.2 Å². The first kappa shape index (κ1) is 12.3. The van der Waals surface area contributed by atoms with Crippen molar-refractivity contribution in [3.05, 3.63) is 0 Å². The Balaban J connectivity index is 2.08. The van der Waals surface area contributed by atoms with E-state index in [0.29, 0.717) is 38.0 Å². The van der Waals surface area contributed by atoms with E-state index in [1.54, 1.807) is 8.61 Å². The van der Waals surface area contributed by atoms with Crippen molar-refractivity contribution in [3.8, 4) is 0 Å². The zero-order valence-corrected chi connectivity index (χ0v) is 10.8. The summed E-state index contributed by atoms with van der Waals surface area (Å²) >= 11 is 0. The summed E-state index contributed by atoms with van der Waals surface area (Å²) in [5.41, 5.74) is 0. The minimum atomic E-state index is -3.20. The largest absolute Gasteiger partial charge is 0.316 e. The van der Waals surface area contributed by atoms with Crippen molar-refractivity contribution in [1.82, 2.24) is 13.9 Å². The van der Waals surface area contributed by atoms with Gasteiger partial charge in [-0.05, 0) is 24.9 Å². The van der Waals surface area contributed by atoms with Crippen molar-refractivity contribution in [3.63, 3.8) is 0 Å². The van der Waals surface area contributed by atoms with Crippen LogP contribution in [0.2, 0.25) is 0 Å². The second-order valence-corrected chi connectivity index (χ2v) is 6.52. The third-order valence-corrected chi connectivity index (χ3v) is 5.83. The van der Waals surface area contributed by atoms with Crippen LogP contribution in [0.1, 0.15) is 13.8 Å². The zero-order chi connectivity index (χ0) is 11.8. The van der Waals surface area contributed by atoms with Crippen LogP contribution in [0.5, 0.6) is 0 Å². The Morgan fingerprint density at radius 2 is 1.69 bits per heavy atom. The second-order valence-electron chi connectivity index (χ2n) is 4.59.